The average Bonchev–Trinajstić information content (AvgIpc) is 3.21. The van der Waals surface area contributed by atoms with Gasteiger partial charge in [-0.05, 0) is 49.4 Å². The first-order chi connectivity index (χ1) is 11.3. The molecular formula is C19H18N2OS. The number of thiazole rings is 1. The number of aromatic nitrogens is 1. The molecule has 4 rings (SSSR count). The van der Waals surface area contributed by atoms with Crippen molar-refractivity contribution in [1.29, 1.82) is 0 Å². The minimum atomic E-state index is 0.836. The van der Waals surface area contributed by atoms with Crippen molar-refractivity contribution in [3.63, 3.8) is 0 Å². The third-order valence-electron chi connectivity index (χ3n) is 4.04. The number of fused-ring (bicyclic) bond motifs is 1. The molecule has 0 fully saturated rings. The number of hydrogen-bond donors (Lipinski definition) is 0. The number of benzene rings is 1. The number of nitrogens with zero attached hydrogens (tertiary/aromatic N) is 2. The summed E-state index contributed by atoms with van der Waals surface area (Å²) in [4.78, 5) is 6.95. The summed E-state index contributed by atoms with van der Waals surface area (Å²) >= 11 is 1.66. The van der Waals surface area contributed by atoms with E-state index >= 15 is 0 Å². The maximum Gasteiger partial charge on any atom is 0.163 e. The molecule has 0 N–H and O–H groups in total. The van der Waals surface area contributed by atoms with E-state index in [-0.39, 0.29) is 0 Å². The van der Waals surface area contributed by atoms with Crippen LogP contribution in [0.25, 0.3) is 27.1 Å². The lowest BCUT2D eigenvalue weighted by Crippen LogP contribution is -2.23. The monoisotopic (exact) mass is 322 g/mol. The van der Waals surface area contributed by atoms with Crippen molar-refractivity contribution >= 4 is 27.6 Å². The van der Waals surface area contributed by atoms with Crippen molar-refractivity contribution in [3.05, 3.63) is 59.9 Å². The normalized spacial score (nSPS) is 16.3. The molecule has 0 aliphatic carbocycles. The van der Waals surface area contributed by atoms with E-state index in [1.54, 1.807) is 11.3 Å². The zero-order valence-corrected chi connectivity index (χ0v) is 13.8. The van der Waals surface area contributed by atoms with Crippen LogP contribution in [-0.2, 0) is 0 Å². The molecule has 3 heterocycles. The first-order valence-corrected chi connectivity index (χ1v) is 8.61. The maximum atomic E-state index is 5.93. The van der Waals surface area contributed by atoms with E-state index in [9.17, 15) is 0 Å². The Balaban J connectivity index is 1.54. The fourth-order valence-electron chi connectivity index (χ4n) is 2.66. The molecule has 0 spiro atoms. The van der Waals surface area contributed by atoms with Crippen molar-refractivity contribution in [2.24, 2.45) is 0 Å². The van der Waals surface area contributed by atoms with Crippen LogP contribution in [-0.4, -0.2) is 30.0 Å². The van der Waals surface area contributed by atoms with Crippen LogP contribution < -0.4 is 0 Å². The highest BCUT2D eigenvalue weighted by molar-refractivity contribution is 7.21. The number of likely N-dealkylation sites (N-methyl/N-ethyl adjacent to an activating group) is 1. The van der Waals surface area contributed by atoms with Gasteiger partial charge in [0.25, 0.3) is 0 Å². The summed E-state index contributed by atoms with van der Waals surface area (Å²) in [7, 11) is 2.15. The molecule has 3 aromatic rings. The van der Waals surface area contributed by atoms with E-state index in [0.717, 1.165) is 41.6 Å². The molecule has 0 saturated carbocycles. The molecule has 0 amide bonds. The van der Waals surface area contributed by atoms with Gasteiger partial charge < -0.3 is 9.32 Å². The van der Waals surface area contributed by atoms with Gasteiger partial charge in [0, 0.05) is 13.1 Å². The van der Waals surface area contributed by atoms with Crippen LogP contribution in [0.3, 0.4) is 0 Å². The lowest BCUT2D eigenvalue weighted by Gasteiger charge is -2.20. The van der Waals surface area contributed by atoms with Crippen LogP contribution in [0.5, 0.6) is 0 Å². The van der Waals surface area contributed by atoms with Crippen LogP contribution in [0.15, 0.2) is 58.5 Å². The van der Waals surface area contributed by atoms with E-state index in [0.29, 0.717) is 0 Å². The summed E-state index contributed by atoms with van der Waals surface area (Å²) in [6.45, 7) is 2.14. The predicted molar refractivity (Wildman–Crippen MR) is 96.6 cm³/mol. The van der Waals surface area contributed by atoms with Gasteiger partial charge in [0.05, 0.1) is 10.2 Å². The van der Waals surface area contributed by atoms with Gasteiger partial charge in [-0.2, -0.15) is 0 Å². The van der Waals surface area contributed by atoms with Crippen molar-refractivity contribution in [2.45, 2.75) is 6.42 Å². The summed E-state index contributed by atoms with van der Waals surface area (Å²) in [6.07, 6.45) is 7.58. The van der Waals surface area contributed by atoms with Crippen LogP contribution in [0.1, 0.15) is 12.2 Å². The SMILES string of the molecule is CN1CC=C(/C=C/c2ccc(-c3nc4ccccc4s3)o2)CC1. The minimum Gasteiger partial charge on any atom is -0.454 e. The predicted octanol–water partition coefficient (Wildman–Crippen LogP) is 4.83. The lowest BCUT2D eigenvalue weighted by atomic mass is 10.1. The molecule has 2 aromatic heterocycles. The van der Waals surface area contributed by atoms with Gasteiger partial charge >= 0.3 is 0 Å². The molecule has 0 bridgehead atoms. The van der Waals surface area contributed by atoms with Crippen LogP contribution >= 0.6 is 11.3 Å². The van der Waals surface area contributed by atoms with E-state index < -0.39 is 0 Å². The van der Waals surface area contributed by atoms with Crippen molar-refractivity contribution in [2.75, 3.05) is 20.1 Å². The molecular weight excluding hydrogens is 304 g/mol. The van der Waals surface area contributed by atoms with Gasteiger partial charge in [-0.15, -0.1) is 11.3 Å². The van der Waals surface area contributed by atoms with E-state index in [4.69, 9.17) is 4.42 Å². The zero-order valence-electron chi connectivity index (χ0n) is 13.0. The highest BCUT2D eigenvalue weighted by Crippen LogP contribution is 2.31. The van der Waals surface area contributed by atoms with Crippen LogP contribution in [0, 0.1) is 0 Å². The standard InChI is InChI=1S/C19H18N2OS/c1-21-12-10-14(11-13-21)6-7-15-8-9-17(22-15)19-20-16-4-2-3-5-18(16)23-19/h2-10H,11-13H2,1H3/b7-6+. The van der Waals surface area contributed by atoms with Gasteiger partial charge in [0.1, 0.15) is 5.76 Å². The summed E-state index contributed by atoms with van der Waals surface area (Å²) in [5.74, 6) is 1.71. The number of para-hydroxylation sites is 1. The number of allylic oxidation sites excluding steroid dienone is 1. The van der Waals surface area contributed by atoms with Crippen molar-refractivity contribution in [3.8, 4) is 10.8 Å². The number of hydrogen-bond acceptors (Lipinski definition) is 4. The Morgan fingerprint density at radius 2 is 2.09 bits per heavy atom. The van der Waals surface area contributed by atoms with E-state index in [2.05, 4.69) is 35.1 Å². The first kappa shape index (κ1) is 14.4. The Morgan fingerprint density at radius 3 is 2.91 bits per heavy atom. The fourth-order valence-corrected chi connectivity index (χ4v) is 3.59. The molecule has 4 heteroatoms. The molecule has 1 aliphatic heterocycles. The van der Waals surface area contributed by atoms with Crippen molar-refractivity contribution < 1.29 is 4.42 Å². The minimum absolute atomic E-state index is 0.836. The summed E-state index contributed by atoms with van der Waals surface area (Å²) in [5, 5.41) is 0.935. The van der Waals surface area contributed by atoms with Gasteiger partial charge in [-0.25, -0.2) is 4.98 Å². The molecule has 0 saturated heterocycles. The van der Waals surface area contributed by atoms with E-state index in [1.807, 2.05) is 36.4 Å². The molecule has 1 aromatic carbocycles. The average molecular weight is 322 g/mol. The molecule has 0 radical (unpaired) electrons. The van der Waals surface area contributed by atoms with Gasteiger partial charge in [-0.1, -0.05) is 24.3 Å². The fraction of sp³-hybridized carbons (Fsp3) is 0.211. The van der Waals surface area contributed by atoms with E-state index in [1.165, 1.54) is 10.3 Å². The molecule has 3 nitrogen and oxygen atoms in total. The van der Waals surface area contributed by atoms with Gasteiger partial charge in [-0.3, -0.25) is 0 Å². The first-order valence-electron chi connectivity index (χ1n) is 7.79. The number of rotatable bonds is 3. The second-order valence-corrected chi connectivity index (χ2v) is 6.84. The van der Waals surface area contributed by atoms with Gasteiger partial charge in [0.15, 0.2) is 10.8 Å². The Hall–Kier alpha value is -2.17. The molecule has 0 atom stereocenters. The Morgan fingerprint density at radius 1 is 1.17 bits per heavy atom. The third-order valence-corrected chi connectivity index (χ3v) is 5.09. The largest absolute Gasteiger partial charge is 0.454 e. The summed E-state index contributed by atoms with van der Waals surface area (Å²) in [6, 6.07) is 12.2. The molecule has 1 aliphatic rings. The summed E-state index contributed by atoms with van der Waals surface area (Å²) < 4.78 is 7.12. The van der Waals surface area contributed by atoms with Crippen LogP contribution in [0.2, 0.25) is 0 Å². The Labute approximate surface area is 139 Å². The smallest absolute Gasteiger partial charge is 0.163 e. The number of furan rings is 1. The Kier molecular flexibility index (Phi) is 3.85. The topological polar surface area (TPSA) is 29.3 Å². The summed E-state index contributed by atoms with van der Waals surface area (Å²) in [5.41, 5.74) is 2.40. The molecule has 0 unspecified atom stereocenters. The highest BCUT2D eigenvalue weighted by Gasteiger charge is 2.10. The highest BCUT2D eigenvalue weighted by atomic mass is 32.1. The zero-order chi connectivity index (χ0) is 15.6. The van der Waals surface area contributed by atoms with Crippen LogP contribution in [0.4, 0.5) is 0 Å². The second kappa shape index (κ2) is 6.14. The third kappa shape index (κ3) is 3.14. The molecule has 116 valence electrons. The van der Waals surface area contributed by atoms with Crippen molar-refractivity contribution in [1.82, 2.24) is 9.88 Å². The Bertz CT molecular complexity index is 855. The van der Waals surface area contributed by atoms with Gasteiger partial charge in [0.2, 0.25) is 0 Å². The molecule has 23 heavy (non-hydrogen) atoms. The lowest BCUT2D eigenvalue weighted by molar-refractivity contribution is 0.361. The second-order valence-electron chi connectivity index (χ2n) is 5.81. The quantitative estimate of drug-likeness (QED) is 0.691. The maximum absolute atomic E-state index is 5.93.